The summed E-state index contributed by atoms with van der Waals surface area (Å²) >= 11 is 0. The van der Waals surface area contributed by atoms with E-state index in [4.69, 9.17) is 4.74 Å². The van der Waals surface area contributed by atoms with E-state index in [1.807, 2.05) is 45.9 Å². The minimum atomic E-state index is -0.0524. The van der Waals surface area contributed by atoms with Crippen LogP contribution in [0.15, 0.2) is 23.2 Å². The summed E-state index contributed by atoms with van der Waals surface area (Å²) in [7, 11) is 0. The molecule has 0 aliphatic rings. The number of hydrogen-bond acceptors (Lipinski definition) is 3. The predicted molar refractivity (Wildman–Crippen MR) is 109 cm³/mol. The van der Waals surface area contributed by atoms with E-state index in [9.17, 15) is 4.79 Å². The number of ether oxygens (including phenoxy) is 1. The quantitative estimate of drug-likeness (QED) is 0.324. The molecule has 0 fully saturated rings. The van der Waals surface area contributed by atoms with Crippen LogP contribution in [0.4, 0.5) is 0 Å². The summed E-state index contributed by atoms with van der Waals surface area (Å²) < 4.78 is 5.67. The van der Waals surface area contributed by atoms with Gasteiger partial charge in [0, 0.05) is 18.7 Å². The number of benzene rings is 1. The van der Waals surface area contributed by atoms with Gasteiger partial charge in [-0.3, -0.25) is 4.79 Å². The van der Waals surface area contributed by atoms with Gasteiger partial charge in [-0.15, -0.1) is 24.0 Å². The highest BCUT2D eigenvalue weighted by Gasteiger charge is 2.05. The Labute approximate surface area is 161 Å². The number of rotatable bonds is 8. The molecule has 1 rings (SSSR count). The van der Waals surface area contributed by atoms with Gasteiger partial charge in [0.2, 0.25) is 5.91 Å². The molecule has 6 nitrogen and oxygen atoms in total. The molecule has 0 unspecified atom stereocenters. The highest BCUT2D eigenvalue weighted by Crippen LogP contribution is 2.21. The molecule has 1 aromatic carbocycles. The molecule has 0 aliphatic heterocycles. The Balaban J connectivity index is 0.00000529. The zero-order valence-electron chi connectivity index (χ0n) is 14.9. The summed E-state index contributed by atoms with van der Waals surface area (Å²) in [4.78, 5) is 16.0. The third kappa shape index (κ3) is 8.37. The number of aliphatic imine (C=N–C) groups is 1. The number of likely N-dealkylation sites (N-methyl/N-ethyl adjacent to an activating group) is 1. The van der Waals surface area contributed by atoms with Gasteiger partial charge in [0.25, 0.3) is 0 Å². The third-order valence-corrected chi connectivity index (χ3v) is 3.06. The number of halogens is 1. The number of hydrogen-bond donors (Lipinski definition) is 3. The van der Waals surface area contributed by atoms with Crippen molar-refractivity contribution < 1.29 is 9.53 Å². The molecule has 0 saturated carbocycles. The topological polar surface area (TPSA) is 74.8 Å². The molecular weight excluding hydrogens is 419 g/mol. The van der Waals surface area contributed by atoms with Crippen LogP contribution < -0.4 is 20.7 Å². The Hall–Kier alpha value is -1.51. The largest absolute Gasteiger partial charge is 0.494 e. The zero-order valence-corrected chi connectivity index (χ0v) is 17.3. The third-order valence-electron chi connectivity index (χ3n) is 3.06. The lowest BCUT2D eigenvalue weighted by Crippen LogP contribution is -2.43. The maximum atomic E-state index is 11.5. The summed E-state index contributed by atoms with van der Waals surface area (Å²) in [5.74, 6) is 1.42. The normalized spacial score (nSPS) is 10.6. The molecule has 0 atom stereocenters. The van der Waals surface area contributed by atoms with Gasteiger partial charge in [-0.25, -0.2) is 4.99 Å². The van der Waals surface area contributed by atoms with E-state index >= 15 is 0 Å². The molecular formula is C17H29IN4O2. The van der Waals surface area contributed by atoms with Crippen molar-refractivity contribution in [3.63, 3.8) is 0 Å². The second-order valence-electron chi connectivity index (χ2n) is 5.05. The number of aryl methyl sites for hydroxylation is 1. The average Bonchev–Trinajstić information content (AvgIpc) is 2.52. The molecule has 1 aromatic rings. The fourth-order valence-electron chi connectivity index (χ4n) is 2.01. The van der Waals surface area contributed by atoms with E-state index in [0.717, 1.165) is 23.4 Å². The lowest BCUT2D eigenvalue weighted by Gasteiger charge is -2.13. The lowest BCUT2D eigenvalue weighted by molar-refractivity contribution is -0.119. The van der Waals surface area contributed by atoms with Crippen molar-refractivity contribution in [3.05, 3.63) is 29.3 Å². The van der Waals surface area contributed by atoms with Gasteiger partial charge in [-0.05, 0) is 39.3 Å². The number of nitrogens with zero attached hydrogens (tertiary/aromatic N) is 1. The summed E-state index contributed by atoms with van der Waals surface area (Å²) in [6.07, 6.45) is 0. The van der Waals surface area contributed by atoms with Crippen molar-refractivity contribution in [2.75, 3.05) is 26.2 Å². The fourth-order valence-corrected chi connectivity index (χ4v) is 2.01. The second-order valence-corrected chi connectivity index (χ2v) is 5.05. The van der Waals surface area contributed by atoms with Gasteiger partial charge in [-0.2, -0.15) is 0 Å². The smallest absolute Gasteiger partial charge is 0.239 e. The zero-order chi connectivity index (χ0) is 17.1. The molecule has 3 N–H and O–H groups in total. The molecule has 1 amide bonds. The molecule has 7 heteroatoms. The maximum absolute atomic E-state index is 11.5. The molecule has 24 heavy (non-hydrogen) atoms. The highest BCUT2D eigenvalue weighted by atomic mass is 127. The summed E-state index contributed by atoms with van der Waals surface area (Å²) in [5, 5.41) is 8.90. The van der Waals surface area contributed by atoms with E-state index in [0.29, 0.717) is 25.7 Å². The van der Waals surface area contributed by atoms with Crippen LogP contribution in [0, 0.1) is 6.92 Å². The van der Waals surface area contributed by atoms with Crippen LogP contribution in [-0.2, 0) is 11.3 Å². The number of carbonyl (C=O) groups is 1. The first kappa shape index (κ1) is 22.5. The van der Waals surface area contributed by atoms with Crippen LogP contribution in [0.25, 0.3) is 0 Å². The van der Waals surface area contributed by atoms with E-state index < -0.39 is 0 Å². The maximum Gasteiger partial charge on any atom is 0.239 e. The summed E-state index contributed by atoms with van der Waals surface area (Å²) in [6.45, 7) is 10.5. The Bertz CT molecular complexity index is 535. The Morgan fingerprint density at radius 1 is 1.12 bits per heavy atom. The van der Waals surface area contributed by atoms with Crippen LogP contribution in [0.5, 0.6) is 5.75 Å². The lowest BCUT2D eigenvalue weighted by atomic mass is 10.1. The minimum Gasteiger partial charge on any atom is -0.494 e. The van der Waals surface area contributed by atoms with E-state index in [1.54, 1.807) is 0 Å². The molecule has 0 aromatic heterocycles. The molecule has 0 spiro atoms. The molecule has 0 bridgehead atoms. The van der Waals surface area contributed by atoms with Crippen molar-refractivity contribution in [1.82, 2.24) is 16.0 Å². The van der Waals surface area contributed by atoms with Crippen molar-refractivity contribution in [2.45, 2.75) is 34.2 Å². The Kier molecular flexibility index (Phi) is 12.0. The predicted octanol–water partition coefficient (Wildman–Crippen LogP) is 2.20. The Morgan fingerprint density at radius 3 is 2.46 bits per heavy atom. The summed E-state index contributed by atoms with van der Waals surface area (Å²) in [6, 6.07) is 6.09. The molecule has 136 valence electrons. The SMILES string of the molecule is CCNC(=O)CNC(=NCc1ccc(C)cc1OCC)NCC.I. The number of carbonyl (C=O) groups excluding carboxylic acids is 1. The standard InChI is InChI=1S/C17H28N4O2.HI/c1-5-18-16(22)12-21-17(19-6-2)20-11-14-9-8-13(4)10-15(14)23-7-3;/h8-10H,5-7,11-12H2,1-4H3,(H,18,22)(H2,19,20,21);1H. The van der Waals surface area contributed by atoms with Gasteiger partial charge in [-0.1, -0.05) is 12.1 Å². The van der Waals surface area contributed by atoms with Crippen molar-refractivity contribution in [1.29, 1.82) is 0 Å². The van der Waals surface area contributed by atoms with Crippen LogP contribution in [-0.4, -0.2) is 38.1 Å². The average molecular weight is 448 g/mol. The van der Waals surface area contributed by atoms with Crippen molar-refractivity contribution >= 4 is 35.8 Å². The van der Waals surface area contributed by atoms with Gasteiger partial charge in [0.1, 0.15) is 5.75 Å². The monoisotopic (exact) mass is 448 g/mol. The van der Waals surface area contributed by atoms with Crippen molar-refractivity contribution in [3.8, 4) is 5.75 Å². The second kappa shape index (κ2) is 12.9. The first-order valence-corrected chi connectivity index (χ1v) is 8.11. The van der Waals surface area contributed by atoms with Crippen molar-refractivity contribution in [2.24, 2.45) is 4.99 Å². The van der Waals surface area contributed by atoms with Crippen LogP contribution in [0.3, 0.4) is 0 Å². The van der Waals surface area contributed by atoms with E-state index in [1.165, 1.54) is 0 Å². The first-order valence-electron chi connectivity index (χ1n) is 8.11. The number of guanidine groups is 1. The van der Waals surface area contributed by atoms with Crippen LogP contribution in [0.2, 0.25) is 0 Å². The Morgan fingerprint density at radius 2 is 1.83 bits per heavy atom. The van der Waals surface area contributed by atoms with Crippen LogP contribution >= 0.6 is 24.0 Å². The van der Waals surface area contributed by atoms with Gasteiger partial charge >= 0.3 is 0 Å². The molecule has 0 radical (unpaired) electrons. The van der Waals surface area contributed by atoms with Gasteiger partial charge in [0.05, 0.1) is 19.7 Å². The van der Waals surface area contributed by atoms with Gasteiger partial charge < -0.3 is 20.7 Å². The number of amides is 1. The van der Waals surface area contributed by atoms with E-state index in [2.05, 4.69) is 20.9 Å². The summed E-state index contributed by atoms with van der Waals surface area (Å²) in [5.41, 5.74) is 2.18. The highest BCUT2D eigenvalue weighted by molar-refractivity contribution is 14.0. The van der Waals surface area contributed by atoms with E-state index in [-0.39, 0.29) is 36.4 Å². The fraction of sp³-hybridized carbons (Fsp3) is 0.529. The first-order chi connectivity index (χ1) is 11.1. The molecule has 0 heterocycles. The molecule has 0 saturated heterocycles. The molecule has 0 aliphatic carbocycles. The van der Waals surface area contributed by atoms with Crippen LogP contribution in [0.1, 0.15) is 31.9 Å². The van der Waals surface area contributed by atoms with Gasteiger partial charge in [0.15, 0.2) is 5.96 Å². The number of nitrogens with one attached hydrogen (secondary N) is 3. The minimum absolute atomic E-state index is 0.